The Morgan fingerprint density at radius 3 is 1.24 bits per heavy atom. The zero-order valence-corrected chi connectivity index (χ0v) is 34.3. The number of hydrogen-bond acceptors (Lipinski definition) is 2. The highest BCUT2D eigenvalue weighted by molar-refractivity contribution is 6.64. The van der Waals surface area contributed by atoms with Crippen molar-refractivity contribution in [2.24, 2.45) is 0 Å². The SMILES string of the molecule is CC1=CC2=C(C=CC=CC2c2cc3ccccc3cc2OC(C)(C)C)C1[Si](C)C1C(C)=CC2=C1C=CC=CC2c1cc2ccccc2cc1OC(C)(C)C. The summed E-state index contributed by atoms with van der Waals surface area (Å²) in [5.74, 6) is 2.14. The van der Waals surface area contributed by atoms with E-state index >= 15 is 0 Å². The summed E-state index contributed by atoms with van der Waals surface area (Å²) in [6, 6.07) is 26.5. The molecule has 4 aromatic rings. The van der Waals surface area contributed by atoms with Crippen LogP contribution in [0.1, 0.15) is 78.4 Å². The zero-order valence-electron chi connectivity index (χ0n) is 33.3. The van der Waals surface area contributed by atoms with Crippen molar-refractivity contribution >= 4 is 30.3 Å². The van der Waals surface area contributed by atoms with Crippen LogP contribution in [0.3, 0.4) is 0 Å². The summed E-state index contributed by atoms with van der Waals surface area (Å²) >= 11 is 0. The average Bonchev–Trinajstić information content (AvgIpc) is 3.42. The predicted molar refractivity (Wildman–Crippen MR) is 231 cm³/mol. The number of hydrogen-bond donors (Lipinski definition) is 0. The second-order valence-electron chi connectivity index (χ2n) is 17.6. The normalized spacial score (nSPS) is 22.5. The molecule has 0 bridgehead atoms. The first-order valence-corrected chi connectivity index (χ1v) is 21.7. The number of ether oxygens (including phenoxy) is 2. The fourth-order valence-electron chi connectivity index (χ4n) is 9.16. The van der Waals surface area contributed by atoms with Crippen LogP contribution in [0.2, 0.25) is 17.6 Å². The summed E-state index contributed by atoms with van der Waals surface area (Å²) in [6.07, 6.45) is 23.6. The van der Waals surface area contributed by atoms with Crippen LogP contribution in [-0.2, 0) is 0 Å². The van der Waals surface area contributed by atoms with E-state index in [1.807, 2.05) is 0 Å². The van der Waals surface area contributed by atoms with Crippen LogP contribution in [-0.4, -0.2) is 20.0 Å². The molecule has 0 N–H and O–H groups in total. The van der Waals surface area contributed by atoms with E-state index in [0.29, 0.717) is 11.1 Å². The molecular weight excluding hydrogens is 673 g/mol. The molecule has 273 valence electrons. The van der Waals surface area contributed by atoms with Crippen molar-refractivity contribution in [3.8, 4) is 11.5 Å². The van der Waals surface area contributed by atoms with Crippen LogP contribution < -0.4 is 9.47 Å². The molecule has 0 aliphatic heterocycles. The maximum Gasteiger partial charge on any atom is 0.124 e. The van der Waals surface area contributed by atoms with Crippen LogP contribution in [0.15, 0.2) is 167 Å². The van der Waals surface area contributed by atoms with Gasteiger partial charge >= 0.3 is 0 Å². The Hall–Kier alpha value is -4.86. The third-order valence-electron chi connectivity index (χ3n) is 11.2. The number of benzene rings is 4. The molecule has 2 nitrogen and oxygen atoms in total. The van der Waals surface area contributed by atoms with Gasteiger partial charge in [0.1, 0.15) is 22.7 Å². The lowest BCUT2D eigenvalue weighted by molar-refractivity contribution is 0.129. The molecule has 0 amide bonds. The van der Waals surface area contributed by atoms with Crippen molar-refractivity contribution < 1.29 is 9.47 Å². The molecule has 1 radical (unpaired) electrons. The van der Waals surface area contributed by atoms with Gasteiger partial charge in [-0.1, -0.05) is 127 Å². The Balaban J connectivity index is 1.20. The van der Waals surface area contributed by atoms with Crippen LogP contribution in [0.25, 0.3) is 21.5 Å². The summed E-state index contributed by atoms with van der Waals surface area (Å²) in [5.41, 5.74) is 11.3. The van der Waals surface area contributed by atoms with Crippen LogP contribution in [0, 0.1) is 0 Å². The first-order valence-electron chi connectivity index (χ1n) is 19.6. The third kappa shape index (κ3) is 6.84. The smallest absolute Gasteiger partial charge is 0.124 e. The van der Waals surface area contributed by atoms with E-state index in [0.717, 1.165) is 11.5 Å². The third-order valence-corrected chi connectivity index (χ3v) is 14.5. The summed E-state index contributed by atoms with van der Waals surface area (Å²) < 4.78 is 13.5. The number of fused-ring (bicyclic) bond motifs is 2. The van der Waals surface area contributed by atoms with E-state index in [1.165, 1.54) is 66.1 Å². The first kappa shape index (κ1) is 36.1. The molecule has 0 saturated carbocycles. The predicted octanol–water partition coefficient (Wildman–Crippen LogP) is 13.8. The molecule has 0 spiro atoms. The molecule has 4 unspecified atom stereocenters. The molecule has 0 fully saturated rings. The zero-order chi connectivity index (χ0) is 37.9. The minimum Gasteiger partial charge on any atom is -0.488 e. The second kappa shape index (κ2) is 13.8. The fraction of sp³-hybridized carbons (Fsp3) is 0.294. The summed E-state index contributed by atoms with van der Waals surface area (Å²) in [6.45, 7) is 20.2. The summed E-state index contributed by atoms with van der Waals surface area (Å²) in [4.78, 5) is 0. The molecule has 4 aliphatic rings. The molecule has 0 heterocycles. The van der Waals surface area contributed by atoms with Crippen molar-refractivity contribution in [3.05, 3.63) is 178 Å². The van der Waals surface area contributed by atoms with Gasteiger partial charge in [0.15, 0.2) is 0 Å². The highest BCUT2D eigenvalue weighted by atomic mass is 28.3. The second-order valence-corrected chi connectivity index (χ2v) is 20.2. The molecule has 54 heavy (non-hydrogen) atoms. The Labute approximate surface area is 324 Å². The molecular formula is C51H53O2Si. The van der Waals surface area contributed by atoms with E-state index in [-0.39, 0.29) is 23.0 Å². The van der Waals surface area contributed by atoms with Crippen LogP contribution in [0.5, 0.6) is 11.5 Å². The summed E-state index contributed by atoms with van der Waals surface area (Å²) in [5, 5.41) is 4.90. The maximum absolute atomic E-state index is 6.73. The van der Waals surface area contributed by atoms with Gasteiger partial charge in [-0.15, -0.1) is 0 Å². The first-order chi connectivity index (χ1) is 25.8. The van der Waals surface area contributed by atoms with Crippen LogP contribution in [0.4, 0.5) is 0 Å². The van der Waals surface area contributed by atoms with Crippen molar-refractivity contribution in [2.45, 2.75) is 96.1 Å². The largest absolute Gasteiger partial charge is 0.488 e. The highest BCUT2D eigenvalue weighted by Gasteiger charge is 2.41. The Morgan fingerprint density at radius 2 is 0.870 bits per heavy atom. The molecule has 8 rings (SSSR count). The van der Waals surface area contributed by atoms with Gasteiger partial charge in [-0.3, -0.25) is 0 Å². The van der Waals surface area contributed by atoms with Crippen molar-refractivity contribution in [1.82, 2.24) is 0 Å². The maximum atomic E-state index is 6.73. The van der Waals surface area contributed by atoms with E-state index < -0.39 is 8.80 Å². The van der Waals surface area contributed by atoms with Crippen molar-refractivity contribution in [3.63, 3.8) is 0 Å². The molecule has 4 aliphatic carbocycles. The van der Waals surface area contributed by atoms with Gasteiger partial charge in [-0.2, -0.15) is 0 Å². The van der Waals surface area contributed by atoms with E-state index in [4.69, 9.17) is 9.47 Å². The molecule has 4 atom stereocenters. The van der Waals surface area contributed by atoms with E-state index in [9.17, 15) is 0 Å². The van der Waals surface area contributed by atoms with Gasteiger partial charge in [0.25, 0.3) is 0 Å². The minimum atomic E-state index is -1.04. The number of allylic oxidation sites excluding steroid dienone is 16. The molecule has 4 aromatic carbocycles. The topological polar surface area (TPSA) is 18.5 Å². The van der Waals surface area contributed by atoms with Crippen LogP contribution >= 0.6 is 0 Å². The monoisotopic (exact) mass is 725 g/mol. The summed E-state index contributed by atoms with van der Waals surface area (Å²) in [7, 11) is -1.04. The van der Waals surface area contributed by atoms with Gasteiger partial charge in [0, 0.05) is 23.0 Å². The minimum absolute atomic E-state index is 0.0993. The molecule has 3 heteroatoms. The standard InChI is InChI=1S/C51H53O2Si/c1-32-26-42-38(44-28-34-18-10-12-20-36(34)30-46(44)52-50(3,4)5)22-14-16-24-40(42)48(32)54(9)49-33(2)27-43-39(23-15-17-25-41(43)49)45-29-35-19-11-13-21-37(35)31-47(45)53-51(6,7)8/h10-31,38-39,48-49H,1-9H3. The van der Waals surface area contributed by atoms with E-state index in [2.05, 4.69) is 195 Å². The van der Waals surface area contributed by atoms with Gasteiger partial charge in [0.2, 0.25) is 0 Å². The fourth-order valence-corrected chi connectivity index (χ4v) is 12.6. The van der Waals surface area contributed by atoms with Crippen molar-refractivity contribution in [1.29, 1.82) is 0 Å². The Kier molecular flexibility index (Phi) is 9.21. The lowest BCUT2D eigenvalue weighted by Crippen LogP contribution is -2.26. The quantitative estimate of drug-likeness (QED) is 0.184. The average molecular weight is 726 g/mol. The highest BCUT2D eigenvalue weighted by Crippen LogP contribution is 2.55. The van der Waals surface area contributed by atoms with Gasteiger partial charge in [-0.25, -0.2) is 0 Å². The van der Waals surface area contributed by atoms with E-state index in [1.54, 1.807) is 0 Å². The molecule has 0 aromatic heterocycles. The van der Waals surface area contributed by atoms with Gasteiger partial charge < -0.3 is 9.47 Å². The van der Waals surface area contributed by atoms with Gasteiger partial charge in [-0.05, 0) is 135 Å². The van der Waals surface area contributed by atoms with Crippen molar-refractivity contribution in [2.75, 3.05) is 0 Å². The number of rotatable bonds is 6. The lowest BCUT2D eigenvalue weighted by atomic mass is 9.87. The lowest BCUT2D eigenvalue weighted by Gasteiger charge is -2.31. The molecule has 0 saturated heterocycles. The Morgan fingerprint density at radius 1 is 0.500 bits per heavy atom. The Bertz CT molecular complexity index is 2240. The van der Waals surface area contributed by atoms with Gasteiger partial charge in [0.05, 0.1) is 8.80 Å².